The van der Waals surface area contributed by atoms with E-state index >= 15 is 0 Å². The van der Waals surface area contributed by atoms with E-state index in [1.165, 1.54) is 23.0 Å². The van der Waals surface area contributed by atoms with Gasteiger partial charge in [-0.05, 0) is 24.6 Å². The van der Waals surface area contributed by atoms with E-state index in [9.17, 15) is 9.18 Å². The Balaban J connectivity index is 2.22. The van der Waals surface area contributed by atoms with Gasteiger partial charge < -0.3 is 10.5 Å². The first-order valence-electron chi connectivity index (χ1n) is 5.95. The summed E-state index contributed by atoms with van der Waals surface area (Å²) in [5, 5.41) is 4.34. The highest BCUT2D eigenvalue weighted by Gasteiger charge is 2.16. The zero-order valence-corrected chi connectivity index (χ0v) is 11.5. The van der Waals surface area contributed by atoms with Crippen LogP contribution in [-0.2, 0) is 11.3 Å². The molecule has 106 valence electrons. The molecule has 0 radical (unpaired) electrons. The number of ether oxygens (including phenoxy) is 1. The van der Waals surface area contributed by atoms with E-state index in [-0.39, 0.29) is 29.6 Å². The number of anilines is 1. The van der Waals surface area contributed by atoms with Gasteiger partial charge in [0.1, 0.15) is 5.82 Å². The van der Waals surface area contributed by atoms with Crippen molar-refractivity contribution in [1.29, 1.82) is 0 Å². The van der Waals surface area contributed by atoms with E-state index in [4.69, 9.17) is 22.1 Å². The fourth-order valence-electron chi connectivity index (χ4n) is 1.70. The first-order valence-corrected chi connectivity index (χ1v) is 6.33. The maximum atomic E-state index is 13.0. The lowest BCUT2D eigenvalue weighted by Gasteiger charge is -2.04. The highest BCUT2D eigenvalue weighted by molar-refractivity contribution is 6.31. The Bertz CT molecular complexity index is 643. The van der Waals surface area contributed by atoms with Crippen molar-refractivity contribution in [3.05, 3.63) is 46.5 Å². The Morgan fingerprint density at radius 2 is 2.30 bits per heavy atom. The lowest BCUT2D eigenvalue weighted by atomic mass is 10.2. The fraction of sp³-hybridized carbons (Fsp3) is 0.231. The molecule has 1 aromatic carbocycles. The maximum Gasteiger partial charge on any atom is 0.361 e. The fourth-order valence-corrected chi connectivity index (χ4v) is 1.93. The van der Waals surface area contributed by atoms with E-state index < -0.39 is 11.8 Å². The molecule has 1 heterocycles. The van der Waals surface area contributed by atoms with Crippen LogP contribution in [0.2, 0.25) is 5.02 Å². The second-order valence-electron chi connectivity index (χ2n) is 4.09. The van der Waals surface area contributed by atoms with Gasteiger partial charge >= 0.3 is 5.97 Å². The number of aromatic nitrogens is 2. The molecule has 0 spiro atoms. The molecule has 0 aliphatic rings. The predicted molar refractivity (Wildman–Crippen MR) is 73.1 cm³/mol. The summed E-state index contributed by atoms with van der Waals surface area (Å²) in [7, 11) is 0. The Hall–Kier alpha value is -2.08. The lowest BCUT2D eigenvalue weighted by molar-refractivity contribution is 0.0519. The number of hydrogen-bond acceptors (Lipinski definition) is 4. The monoisotopic (exact) mass is 297 g/mol. The van der Waals surface area contributed by atoms with Crippen LogP contribution >= 0.6 is 11.6 Å². The summed E-state index contributed by atoms with van der Waals surface area (Å²) < 4.78 is 19.3. The quantitative estimate of drug-likeness (QED) is 0.880. The van der Waals surface area contributed by atoms with Crippen LogP contribution in [0.15, 0.2) is 24.4 Å². The minimum absolute atomic E-state index is 0.0603. The number of halogens is 2. The van der Waals surface area contributed by atoms with Crippen molar-refractivity contribution in [1.82, 2.24) is 9.78 Å². The zero-order valence-electron chi connectivity index (χ0n) is 10.8. The van der Waals surface area contributed by atoms with Gasteiger partial charge in [-0.2, -0.15) is 5.10 Å². The smallest absolute Gasteiger partial charge is 0.361 e. The minimum atomic E-state index is -0.575. The van der Waals surface area contributed by atoms with Crippen LogP contribution in [0.25, 0.3) is 0 Å². The summed E-state index contributed by atoms with van der Waals surface area (Å²) in [6, 6.07) is 4.08. The third-order valence-corrected chi connectivity index (χ3v) is 2.96. The summed E-state index contributed by atoms with van der Waals surface area (Å²) >= 11 is 5.93. The number of hydrogen-bond donors (Lipinski definition) is 1. The molecule has 0 saturated heterocycles. The topological polar surface area (TPSA) is 70.1 Å². The molecule has 0 aliphatic heterocycles. The van der Waals surface area contributed by atoms with Gasteiger partial charge in [-0.25, -0.2) is 9.18 Å². The Morgan fingerprint density at radius 3 is 2.95 bits per heavy atom. The van der Waals surface area contributed by atoms with Crippen molar-refractivity contribution < 1.29 is 13.9 Å². The molecule has 7 heteroatoms. The summed E-state index contributed by atoms with van der Waals surface area (Å²) in [6.45, 7) is 2.22. The largest absolute Gasteiger partial charge is 0.461 e. The molecule has 0 unspecified atom stereocenters. The molecule has 5 nitrogen and oxygen atoms in total. The molecule has 2 aromatic rings. The van der Waals surface area contributed by atoms with Gasteiger partial charge in [0.2, 0.25) is 0 Å². The van der Waals surface area contributed by atoms with Gasteiger partial charge in [0.25, 0.3) is 0 Å². The summed E-state index contributed by atoms with van der Waals surface area (Å²) in [5.41, 5.74) is 6.67. The molecular weight excluding hydrogens is 285 g/mol. The number of benzene rings is 1. The molecule has 0 amide bonds. The first kappa shape index (κ1) is 14.3. The summed E-state index contributed by atoms with van der Waals surface area (Å²) in [6.07, 6.45) is 1.51. The maximum absolute atomic E-state index is 13.0. The number of rotatable bonds is 4. The number of esters is 1. The summed E-state index contributed by atoms with van der Waals surface area (Å²) in [4.78, 5) is 11.6. The van der Waals surface area contributed by atoms with Crippen molar-refractivity contribution in [2.45, 2.75) is 13.5 Å². The van der Waals surface area contributed by atoms with Crippen LogP contribution in [0, 0.1) is 5.82 Å². The third kappa shape index (κ3) is 3.08. The Kier molecular flexibility index (Phi) is 4.24. The van der Waals surface area contributed by atoms with Gasteiger partial charge in [-0.15, -0.1) is 0 Å². The Morgan fingerprint density at radius 1 is 1.55 bits per heavy atom. The van der Waals surface area contributed by atoms with E-state index in [0.717, 1.165) is 0 Å². The molecule has 2 rings (SSSR count). The van der Waals surface area contributed by atoms with Crippen LogP contribution in [0.3, 0.4) is 0 Å². The van der Waals surface area contributed by atoms with E-state index in [1.807, 2.05) is 0 Å². The van der Waals surface area contributed by atoms with E-state index in [0.29, 0.717) is 5.56 Å². The first-order chi connectivity index (χ1) is 9.51. The molecule has 0 aliphatic carbocycles. The van der Waals surface area contributed by atoms with Gasteiger partial charge in [-0.1, -0.05) is 17.7 Å². The third-order valence-electron chi connectivity index (χ3n) is 2.61. The van der Waals surface area contributed by atoms with Crippen molar-refractivity contribution in [3.8, 4) is 0 Å². The van der Waals surface area contributed by atoms with Gasteiger partial charge in [-0.3, -0.25) is 4.68 Å². The number of carbonyl (C=O) groups is 1. The second kappa shape index (κ2) is 5.92. The van der Waals surface area contributed by atoms with Gasteiger partial charge in [0.05, 0.1) is 18.8 Å². The molecule has 1 aromatic heterocycles. The molecule has 20 heavy (non-hydrogen) atoms. The molecule has 0 atom stereocenters. The van der Waals surface area contributed by atoms with Crippen LogP contribution in [0.4, 0.5) is 10.1 Å². The molecule has 0 bridgehead atoms. The average Bonchev–Trinajstić information content (AvgIpc) is 2.74. The van der Waals surface area contributed by atoms with Crippen molar-refractivity contribution in [2.75, 3.05) is 12.3 Å². The van der Waals surface area contributed by atoms with Crippen molar-refractivity contribution in [3.63, 3.8) is 0 Å². The molecule has 0 fully saturated rings. The SMILES string of the molecule is CCOC(=O)c1nn(Cc2ccc(F)cc2Cl)cc1N. The van der Waals surface area contributed by atoms with E-state index in [1.54, 1.807) is 13.0 Å². The average molecular weight is 298 g/mol. The zero-order chi connectivity index (χ0) is 14.7. The molecular formula is C13H13ClFN3O2. The highest BCUT2D eigenvalue weighted by atomic mass is 35.5. The second-order valence-corrected chi connectivity index (χ2v) is 4.49. The van der Waals surface area contributed by atoms with E-state index in [2.05, 4.69) is 5.10 Å². The summed E-state index contributed by atoms with van der Waals surface area (Å²) in [5.74, 6) is -0.986. The van der Waals surface area contributed by atoms with Crippen LogP contribution in [-0.4, -0.2) is 22.4 Å². The van der Waals surface area contributed by atoms with Gasteiger partial charge in [0, 0.05) is 11.2 Å². The van der Waals surface area contributed by atoms with Crippen molar-refractivity contribution in [2.24, 2.45) is 0 Å². The lowest BCUT2D eigenvalue weighted by Crippen LogP contribution is -2.09. The molecule has 2 N–H and O–H groups in total. The molecule has 0 saturated carbocycles. The number of nitrogen functional groups attached to an aromatic ring is 1. The standard InChI is InChI=1S/C13H13ClFN3O2/c1-2-20-13(19)12-11(16)7-18(17-12)6-8-3-4-9(15)5-10(8)14/h3-5,7H,2,6,16H2,1H3. The number of nitrogens with two attached hydrogens (primary N) is 1. The highest BCUT2D eigenvalue weighted by Crippen LogP contribution is 2.19. The Labute approximate surface area is 120 Å². The normalized spacial score (nSPS) is 10.6. The minimum Gasteiger partial charge on any atom is -0.461 e. The number of carbonyl (C=O) groups excluding carboxylic acids is 1. The van der Waals surface area contributed by atoms with Crippen LogP contribution in [0.1, 0.15) is 23.0 Å². The van der Waals surface area contributed by atoms with Crippen LogP contribution in [0.5, 0.6) is 0 Å². The van der Waals surface area contributed by atoms with Crippen molar-refractivity contribution >= 4 is 23.3 Å². The van der Waals surface area contributed by atoms with Gasteiger partial charge in [0.15, 0.2) is 5.69 Å². The predicted octanol–water partition coefficient (Wildman–Crippen LogP) is 2.48. The number of nitrogens with zero attached hydrogens (tertiary/aromatic N) is 2. The van der Waals surface area contributed by atoms with Crippen LogP contribution < -0.4 is 5.73 Å².